The van der Waals surface area contributed by atoms with Crippen molar-refractivity contribution in [3.63, 3.8) is 0 Å². The molecule has 7 nitrogen and oxygen atoms in total. The molecule has 0 saturated carbocycles. The van der Waals surface area contributed by atoms with Crippen molar-refractivity contribution in [1.82, 2.24) is 9.88 Å². The zero-order valence-electron chi connectivity index (χ0n) is 22.0. The number of halogens is 2. The Balaban J connectivity index is 1.55. The third-order valence-corrected chi connectivity index (χ3v) is 6.82. The molecule has 0 fully saturated rings. The van der Waals surface area contributed by atoms with Gasteiger partial charge in [-0.25, -0.2) is 4.39 Å². The molecule has 3 aromatic carbocycles. The van der Waals surface area contributed by atoms with Crippen molar-refractivity contribution in [1.29, 1.82) is 0 Å². The van der Waals surface area contributed by atoms with E-state index in [0.717, 1.165) is 0 Å². The summed E-state index contributed by atoms with van der Waals surface area (Å²) in [6.07, 6.45) is -1.24. The first-order valence-corrected chi connectivity index (χ1v) is 12.7. The molecule has 0 aliphatic carbocycles. The van der Waals surface area contributed by atoms with Crippen LogP contribution in [0.3, 0.4) is 0 Å². The van der Waals surface area contributed by atoms with Crippen LogP contribution < -0.4 is 10.1 Å². The molecule has 1 N–H and O–H groups in total. The predicted molar refractivity (Wildman–Crippen MR) is 147 cm³/mol. The Morgan fingerprint density at radius 1 is 1.00 bits per heavy atom. The van der Waals surface area contributed by atoms with Crippen molar-refractivity contribution in [2.75, 3.05) is 7.11 Å². The standard InChI is InChI=1S/C30H28ClFN2O5/c1-17(20-7-11-23(32)12-8-20)33-29(36)19(3)39-28(35)16-25-18(2)34(27-14-13-24(38-4)15-26(25)27)30(37)21-5-9-22(31)10-6-21/h5-15,17,19H,16H2,1-4H3,(H,33,36)/t17-,19-/m1/s1. The fraction of sp³-hybridized carbons (Fsp3) is 0.233. The molecule has 0 radical (unpaired) electrons. The van der Waals surface area contributed by atoms with Crippen LogP contribution in [0.4, 0.5) is 4.39 Å². The van der Waals surface area contributed by atoms with Gasteiger partial charge in [-0.05, 0) is 86.5 Å². The molecule has 202 valence electrons. The molecule has 0 unspecified atom stereocenters. The second-order valence-electron chi connectivity index (χ2n) is 9.19. The number of hydrogen-bond donors (Lipinski definition) is 1. The number of benzene rings is 3. The van der Waals surface area contributed by atoms with Crippen molar-refractivity contribution >= 4 is 40.3 Å². The molecule has 0 aliphatic heterocycles. The summed E-state index contributed by atoms with van der Waals surface area (Å²) in [5.74, 6) is -1.20. The highest BCUT2D eigenvalue weighted by Crippen LogP contribution is 2.31. The van der Waals surface area contributed by atoms with E-state index in [2.05, 4.69) is 5.32 Å². The Hall–Kier alpha value is -4.17. The highest BCUT2D eigenvalue weighted by molar-refractivity contribution is 6.30. The van der Waals surface area contributed by atoms with Gasteiger partial charge in [0.15, 0.2) is 6.10 Å². The van der Waals surface area contributed by atoms with E-state index >= 15 is 0 Å². The first-order valence-electron chi connectivity index (χ1n) is 12.3. The minimum Gasteiger partial charge on any atom is -0.497 e. The van der Waals surface area contributed by atoms with Crippen LogP contribution in [0.25, 0.3) is 10.9 Å². The summed E-state index contributed by atoms with van der Waals surface area (Å²) in [6.45, 7) is 4.99. The van der Waals surface area contributed by atoms with Crippen molar-refractivity contribution in [3.05, 3.63) is 100.0 Å². The number of esters is 1. The quantitative estimate of drug-likeness (QED) is 0.281. The lowest BCUT2D eigenvalue weighted by atomic mass is 10.1. The Morgan fingerprint density at radius 3 is 2.31 bits per heavy atom. The Labute approximate surface area is 230 Å². The third kappa shape index (κ3) is 6.12. The maximum Gasteiger partial charge on any atom is 0.311 e. The number of carbonyl (C=O) groups excluding carboxylic acids is 3. The lowest BCUT2D eigenvalue weighted by molar-refractivity contribution is -0.154. The van der Waals surface area contributed by atoms with Crippen LogP contribution >= 0.6 is 11.6 Å². The summed E-state index contributed by atoms with van der Waals surface area (Å²) in [6, 6.07) is 17.2. The van der Waals surface area contributed by atoms with Gasteiger partial charge in [0.2, 0.25) is 0 Å². The van der Waals surface area contributed by atoms with Gasteiger partial charge in [-0.3, -0.25) is 19.0 Å². The minimum absolute atomic E-state index is 0.165. The number of rotatable bonds is 8. The Morgan fingerprint density at radius 2 is 1.67 bits per heavy atom. The summed E-state index contributed by atoms with van der Waals surface area (Å²) in [5.41, 5.74) is 2.91. The van der Waals surface area contributed by atoms with Crippen LogP contribution in [0.5, 0.6) is 5.75 Å². The van der Waals surface area contributed by atoms with Gasteiger partial charge in [0, 0.05) is 21.7 Å². The zero-order chi connectivity index (χ0) is 28.3. The van der Waals surface area contributed by atoms with Gasteiger partial charge in [0.05, 0.1) is 25.1 Å². The van der Waals surface area contributed by atoms with E-state index in [4.69, 9.17) is 21.1 Å². The van der Waals surface area contributed by atoms with Crippen molar-refractivity contribution in [2.24, 2.45) is 0 Å². The first kappa shape index (κ1) is 27.9. The molecule has 9 heteroatoms. The third-order valence-electron chi connectivity index (χ3n) is 6.56. The van der Waals surface area contributed by atoms with E-state index in [1.807, 2.05) is 0 Å². The summed E-state index contributed by atoms with van der Waals surface area (Å²) in [4.78, 5) is 39.1. The number of carbonyl (C=O) groups is 3. The van der Waals surface area contributed by atoms with Crippen LogP contribution in [0.15, 0.2) is 66.7 Å². The van der Waals surface area contributed by atoms with Gasteiger partial charge in [-0.1, -0.05) is 23.7 Å². The second kappa shape index (κ2) is 11.7. The zero-order valence-corrected chi connectivity index (χ0v) is 22.7. The number of amides is 1. The molecule has 4 rings (SSSR count). The second-order valence-corrected chi connectivity index (χ2v) is 9.62. The first-order chi connectivity index (χ1) is 18.6. The SMILES string of the molecule is COc1ccc2c(c1)c(CC(=O)O[C@H](C)C(=O)N[C@H](C)c1ccc(F)cc1)c(C)n2C(=O)c1ccc(Cl)cc1. The monoisotopic (exact) mass is 550 g/mol. The molecule has 0 bridgehead atoms. The Kier molecular flexibility index (Phi) is 8.35. The maximum atomic E-state index is 13.5. The molecule has 4 aromatic rings. The normalized spacial score (nSPS) is 12.6. The number of nitrogens with zero attached hydrogens (tertiary/aromatic N) is 1. The lowest BCUT2D eigenvalue weighted by Crippen LogP contribution is -2.37. The molecule has 0 aliphatic rings. The molecular weight excluding hydrogens is 523 g/mol. The number of nitrogens with one attached hydrogen (secondary N) is 1. The van der Waals surface area contributed by atoms with Gasteiger partial charge in [-0.15, -0.1) is 0 Å². The van der Waals surface area contributed by atoms with Crippen LogP contribution in [-0.2, 0) is 20.7 Å². The van der Waals surface area contributed by atoms with Gasteiger partial charge in [-0.2, -0.15) is 0 Å². The van der Waals surface area contributed by atoms with Gasteiger partial charge >= 0.3 is 5.97 Å². The van der Waals surface area contributed by atoms with Gasteiger partial charge in [0.1, 0.15) is 11.6 Å². The average Bonchev–Trinajstić information content (AvgIpc) is 3.18. The molecule has 1 amide bonds. The summed E-state index contributed by atoms with van der Waals surface area (Å²) in [5, 5.41) is 3.94. The van der Waals surface area contributed by atoms with Gasteiger partial charge < -0.3 is 14.8 Å². The smallest absolute Gasteiger partial charge is 0.311 e. The summed E-state index contributed by atoms with van der Waals surface area (Å²) < 4.78 is 25.6. The van der Waals surface area contributed by atoms with E-state index in [-0.39, 0.29) is 18.1 Å². The number of methoxy groups -OCH3 is 1. The average molecular weight is 551 g/mol. The predicted octanol–water partition coefficient (Wildman–Crippen LogP) is 5.79. The molecule has 0 saturated heterocycles. The van der Waals surface area contributed by atoms with E-state index in [1.54, 1.807) is 73.0 Å². The minimum atomic E-state index is -1.07. The van der Waals surface area contributed by atoms with E-state index in [9.17, 15) is 18.8 Å². The van der Waals surface area contributed by atoms with Gasteiger partial charge in [0.25, 0.3) is 11.8 Å². The molecule has 39 heavy (non-hydrogen) atoms. The lowest BCUT2D eigenvalue weighted by Gasteiger charge is -2.18. The molecule has 2 atom stereocenters. The molecule has 1 aromatic heterocycles. The summed E-state index contributed by atoms with van der Waals surface area (Å²) in [7, 11) is 1.53. The topological polar surface area (TPSA) is 86.6 Å². The fourth-order valence-corrected chi connectivity index (χ4v) is 4.52. The maximum absolute atomic E-state index is 13.5. The molecular formula is C30H28ClFN2O5. The van der Waals surface area contributed by atoms with Crippen LogP contribution in [0.1, 0.15) is 47.1 Å². The van der Waals surface area contributed by atoms with Crippen LogP contribution in [-0.4, -0.2) is 35.6 Å². The number of aromatic nitrogens is 1. The highest BCUT2D eigenvalue weighted by atomic mass is 35.5. The van der Waals surface area contributed by atoms with Crippen LogP contribution in [0, 0.1) is 12.7 Å². The van der Waals surface area contributed by atoms with Crippen molar-refractivity contribution in [3.8, 4) is 5.75 Å². The van der Waals surface area contributed by atoms with E-state index in [1.165, 1.54) is 26.2 Å². The van der Waals surface area contributed by atoms with Crippen molar-refractivity contribution < 1.29 is 28.2 Å². The fourth-order valence-electron chi connectivity index (χ4n) is 4.40. The Bertz CT molecular complexity index is 1530. The van der Waals surface area contributed by atoms with Crippen molar-refractivity contribution in [2.45, 2.75) is 39.3 Å². The van der Waals surface area contributed by atoms with E-state index < -0.39 is 24.0 Å². The number of hydrogen-bond acceptors (Lipinski definition) is 5. The number of ether oxygens (including phenoxy) is 2. The number of fused-ring (bicyclic) bond motifs is 1. The summed E-state index contributed by atoms with van der Waals surface area (Å²) >= 11 is 5.99. The molecule has 0 spiro atoms. The highest BCUT2D eigenvalue weighted by Gasteiger charge is 2.25. The molecule has 1 heterocycles. The van der Waals surface area contributed by atoms with Crippen LogP contribution in [0.2, 0.25) is 5.02 Å². The largest absolute Gasteiger partial charge is 0.497 e. The van der Waals surface area contributed by atoms with E-state index in [0.29, 0.717) is 44.1 Å².